The van der Waals surface area contributed by atoms with E-state index in [1.807, 2.05) is 7.05 Å². The van der Waals surface area contributed by atoms with Gasteiger partial charge in [-0.3, -0.25) is 0 Å². The van der Waals surface area contributed by atoms with Crippen molar-refractivity contribution < 1.29 is 0 Å². The summed E-state index contributed by atoms with van der Waals surface area (Å²) < 4.78 is 0. The van der Waals surface area contributed by atoms with Gasteiger partial charge in [0, 0.05) is 0 Å². The Bertz CT molecular complexity index is 567. The summed E-state index contributed by atoms with van der Waals surface area (Å²) in [6, 6.07) is 15.8. The molecule has 2 aromatic carbocycles. The van der Waals surface area contributed by atoms with Gasteiger partial charge in [0.2, 0.25) is 0 Å². The molecule has 0 aliphatic rings. The van der Waals surface area contributed by atoms with Crippen molar-refractivity contribution in [3.05, 3.63) is 70.3 Å². The third-order valence-electron chi connectivity index (χ3n) is 4.18. The van der Waals surface area contributed by atoms with Crippen LogP contribution >= 0.6 is 0 Å². The Morgan fingerprint density at radius 2 is 1.45 bits per heavy atom. The van der Waals surface area contributed by atoms with Crippen LogP contribution in [0, 0.1) is 13.8 Å². The maximum Gasteiger partial charge on any atom is 0.0576 e. The molecule has 2 rings (SSSR count). The Labute approximate surface area is 123 Å². The number of hydrogen-bond acceptors (Lipinski definition) is 1. The second-order valence-corrected chi connectivity index (χ2v) is 5.83. The quantitative estimate of drug-likeness (QED) is 0.844. The summed E-state index contributed by atoms with van der Waals surface area (Å²) in [6.45, 7) is 8.84. The van der Waals surface area contributed by atoms with Crippen LogP contribution in [0.5, 0.6) is 0 Å². The second kappa shape index (κ2) is 6.23. The molecule has 1 heteroatoms. The highest BCUT2D eigenvalue weighted by Crippen LogP contribution is 2.27. The second-order valence-electron chi connectivity index (χ2n) is 5.83. The van der Waals surface area contributed by atoms with Gasteiger partial charge in [-0.15, -0.1) is 0 Å². The molecule has 0 aromatic heterocycles. The lowest BCUT2D eigenvalue weighted by molar-refractivity contribution is 0.686. The predicted molar refractivity (Wildman–Crippen MR) is 87.3 cm³/mol. The molecule has 1 N–H and O–H groups in total. The molecule has 0 heterocycles. The highest BCUT2D eigenvalue weighted by atomic mass is 14.9. The van der Waals surface area contributed by atoms with Crippen LogP contribution in [0.2, 0.25) is 0 Å². The Morgan fingerprint density at radius 3 is 2.00 bits per heavy atom. The van der Waals surface area contributed by atoms with E-state index < -0.39 is 0 Å². The van der Waals surface area contributed by atoms with Crippen LogP contribution in [0.4, 0.5) is 0 Å². The minimum Gasteiger partial charge on any atom is -0.309 e. The summed E-state index contributed by atoms with van der Waals surface area (Å²) in [5, 5.41) is 3.45. The van der Waals surface area contributed by atoms with Gasteiger partial charge in [0.1, 0.15) is 0 Å². The van der Waals surface area contributed by atoms with Crippen molar-refractivity contribution in [2.24, 2.45) is 0 Å². The highest BCUT2D eigenvalue weighted by molar-refractivity contribution is 5.41. The van der Waals surface area contributed by atoms with Gasteiger partial charge >= 0.3 is 0 Å². The first-order valence-electron chi connectivity index (χ1n) is 7.37. The molecular weight excluding hydrogens is 242 g/mol. The van der Waals surface area contributed by atoms with E-state index in [0.29, 0.717) is 5.92 Å². The van der Waals surface area contributed by atoms with Crippen LogP contribution in [0.3, 0.4) is 0 Å². The molecule has 1 atom stereocenters. The first-order valence-corrected chi connectivity index (χ1v) is 7.37. The summed E-state index contributed by atoms with van der Waals surface area (Å²) in [5.74, 6) is 0.581. The molecule has 0 fully saturated rings. The maximum absolute atomic E-state index is 3.45. The Hall–Kier alpha value is -1.60. The van der Waals surface area contributed by atoms with Gasteiger partial charge in [0.25, 0.3) is 0 Å². The summed E-state index contributed by atoms with van der Waals surface area (Å²) in [7, 11) is 2.03. The molecule has 0 radical (unpaired) electrons. The van der Waals surface area contributed by atoms with E-state index in [0.717, 1.165) is 0 Å². The third kappa shape index (κ3) is 2.94. The van der Waals surface area contributed by atoms with E-state index in [1.54, 1.807) is 0 Å². The van der Waals surface area contributed by atoms with E-state index in [1.165, 1.54) is 27.8 Å². The van der Waals surface area contributed by atoms with Gasteiger partial charge in [0.05, 0.1) is 6.04 Å². The number of benzene rings is 2. The fourth-order valence-electron chi connectivity index (χ4n) is 2.66. The number of hydrogen-bond donors (Lipinski definition) is 1. The number of rotatable bonds is 4. The number of nitrogens with one attached hydrogen (secondary N) is 1. The molecule has 0 amide bonds. The largest absolute Gasteiger partial charge is 0.309 e. The van der Waals surface area contributed by atoms with Crippen molar-refractivity contribution in [3.8, 4) is 0 Å². The van der Waals surface area contributed by atoms with Crippen LogP contribution in [0.25, 0.3) is 0 Å². The minimum atomic E-state index is 0.260. The van der Waals surface area contributed by atoms with E-state index in [9.17, 15) is 0 Å². The molecule has 0 spiro atoms. The molecule has 1 unspecified atom stereocenters. The average Bonchev–Trinajstić information content (AvgIpc) is 2.45. The molecular formula is C19H25N. The molecule has 20 heavy (non-hydrogen) atoms. The van der Waals surface area contributed by atoms with E-state index in [4.69, 9.17) is 0 Å². The van der Waals surface area contributed by atoms with Crippen molar-refractivity contribution in [1.82, 2.24) is 5.32 Å². The monoisotopic (exact) mass is 267 g/mol. The lowest BCUT2D eigenvalue weighted by Crippen LogP contribution is -2.19. The van der Waals surface area contributed by atoms with Gasteiger partial charge < -0.3 is 5.32 Å². The van der Waals surface area contributed by atoms with Crippen LogP contribution in [0.15, 0.2) is 42.5 Å². The van der Waals surface area contributed by atoms with Crippen LogP contribution in [0.1, 0.15) is 53.6 Å². The summed E-state index contributed by atoms with van der Waals surface area (Å²) >= 11 is 0. The predicted octanol–water partition coefficient (Wildman–Crippen LogP) is 4.74. The van der Waals surface area contributed by atoms with E-state index >= 15 is 0 Å². The lowest BCUT2D eigenvalue weighted by atomic mass is 9.91. The van der Waals surface area contributed by atoms with Crippen LogP contribution in [-0.4, -0.2) is 7.05 Å². The fourth-order valence-corrected chi connectivity index (χ4v) is 2.66. The van der Waals surface area contributed by atoms with Crippen LogP contribution in [-0.2, 0) is 0 Å². The fraction of sp³-hybridized carbons (Fsp3) is 0.368. The van der Waals surface area contributed by atoms with Crippen molar-refractivity contribution in [2.75, 3.05) is 7.05 Å². The zero-order chi connectivity index (χ0) is 14.7. The molecule has 0 aliphatic heterocycles. The van der Waals surface area contributed by atoms with Crippen molar-refractivity contribution in [3.63, 3.8) is 0 Å². The summed E-state index contributed by atoms with van der Waals surface area (Å²) in [4.78, 5) is 0. The first-order chi connectivity index (χ1) is 9.54. The molecule has 106 valence electrons. The van der Waals surface area contributed by atoms with Gasteiger partial charge in [-0.25, -0.2) is 0 Å². The molecule has 0 aliphatic carbocycles. The Kier molecular flexibility index (Phi) is 4.61. The maximum atomic E-state index is 3.45. The Balaban J connectivity index is 2.39. The molecule has 0 bridgehead atoms. The van der Waals surface area contributed by atoms with Gasteiger partial charge in [-0.05, 0) is 54.6 Å². The number of aryl methyl sites for hydroxylation is 1. The highest BCUT2D eigenvalue weighted by Gasteiger charge is 2.15. The zero-order valence-corrected chi connectivity index (χ0v) is 13.2. The van der Waals surface area contributed by atoms with E-state index in [-0.39, 0.29) is 6.04 Å². The summed E-state index contributed by atoms with van der Waals surface area (Å²) in [6.07, 6.45) is 0. The van der Waals surface area contributed by atoms with Gasteiger partial charge in [-0.2, -0.15) is 0 Å². The van der Waals surface area contributed by atoms with Crippen molar-refractivity contribution in [1.29, 1.82) is 0 Å². The molecule has 0 saturated carbocycles. The van der Waals surface area contributed by atoms with Crippen LogP contribution < -0.4 is 5.32 Å². The zero-order valence-electron chi connectivity index (χ0n) is 13.2. The lowest BCUT2D eigenvalue weighted by Gasteiger charge is -2.21. The first kappa shape index (κ1) is 14.8. The summed E-state index contributed by atoms with van der Waals surface area (Å²) in [5.41, 5.74) is 6.81. The standard InChI is InChI=1S/C19H25N/c1-13(2)16-9-11-17(12-10-16)19(20-5)18-8-6-7-14(3)15(18)4/h6-13,19-20H,1-5H3. The third-order valence-corrected chi connectivity index (χ3v) is 4.18. The van der Waals surface area contributed by atoms with E-state index in [2.05, 4.69) is 75.5 Å². The molecule has 1 nitrogen and oxygen atoms in total. The van der Waals surface area contributed by atoms with Crippen molar-refractivity contribution >= 4 is 0 Å². The van der Waals surface area contributed by atoms with Crippen molar-refractivity contribution in [2.45, 2.75) is 39.7 Å². The van der Waals surface area contributed by atoms with Gasteiger partial charge in [-0.1, -0.05) is 56.3 Å². The minimum absolute atomic E-state index is 0.260. The normalized spacial score (nSPS) is 12.7. The Morgan fingerprint density at radius 1 is 0.850 bits per heavy atom. The average molecular weight is 267 g/mol. The molecule has 0 saturated heterocycles. The van der Waals surface area contributed by atoms with Gasteiger partial charge in [0.15, 0.2) is 0 Å². The topological polar surface area (TPSA) is 12.0 Å². The SMILES string of the molecule is CNC(c1ccc(C(C)C)cc1)c1cccc(C)c1C. The smallest absolute Gasteiger partial charge is 0.0576 e. The molecule has 2 aromatic rings.